The maximum absolute atomic E-state index is 12.7. The van der Waals surface area contributed by atoms with Gasteiger partial charge in [-0.05, 0) is 50.3 Å². The first-order valence-electron chi connectivity index (χ1n) is 7.54. The second-order valence-corrected chi connectivity index (χ2v) is 8.17. The van der Waals surface area contributed by atoms with Crippen LogP contribution < -0.4 is 0 Å². The summed E-state index contributed by atoms with van der Waals surface area (Å²) in [5.74, 6) is 0.168. The predicted molar refractivity (Wildman–Crippen MR) is 82.5 cm³/mol. The normalized spacial score (nSPS) is 31.4. The molecule has 2 fully saturated rings. The van der Waals surface area contributed by atoms with Crippen LogP contribution in [0.15, 0.2) is 18.2 Å². The number of hydrogen-bond donors (Lipinski definition) is 0. The molecular formula is C17H19NO2S. The molecule has 2 saturated heterocycles. The topological polar surface area (TPSA) is 57.9 Å². The molecular weight excluding hydrogens is 282 g/mol. The van der Waals surface area contributed by atoms with Crippen LogP contribution >= 0.6 is 0 Å². The van der Waals surface area contributed by atoms with E-state index in [9.17, 15) is 9.00 Å². The maximum Gasteiger partial charge on any atom is 0.166 e. The fraction of sp³-hybridized carbons (Fsp3) is 0.529. The van der Waals surface area contributed by atoms with Gasteiger partial charge in [-0.15, -0.1) is 0 Å². The number of benzene rings is 1. The fourth-order valence-corrected chi connectivity index (χ4v) is 5.81. The molecule has 2 aliphatic heterocycles. The van der Waals surface area contributed by atoms with Gasteiger partial charge in [-0.25, -0.2) is 0 Å². The lowest BCUT2D eigenvalue weighted by Crippen LogP contribution is -2.41. The molecule has 0 spiro atoms. The van der Waals surface area contributed by atoms with Crippen LogP contribution in [0.4, 0.5) is 0 Å². The van der Waals surface area contributed by atoms with E-state index in [1.165, 1.54) is 0 Å². The number of ketones is 1. The van der Waals surface area contributed by atoms with Crippen molar-refractivity contribution in [2.24, 2.45) is 5.92 Å². The molecule has 21 heavy (non-hydrogen) atoms. The van der Waals surface area contributed by atoms with Crippen molar-refractivity contribution in [3.05, 3.63) is 34.9 Å². The SMILES string of the molecule is Cc1cc(C(=O)C2CC3CCCC(C2)S3=O)ccc1C#N. The van der Waals surface area contributed by atoms with Crippen LogP contribution in [0.2, 0.25) is 0 Å². The van der Waals surface area contributed by atoms with Gasteiger partial charge < -0.3 is 0 Å². The van der Waals surface area contributed by atoms with Crippen molar-refractivity contribution in [3.8, 4) is 6.07 Å². The molecule has 3 rings (SSSR count). The lowest BCUT2D eigenvalue weighted by molar-refractivity contribution is 0.0895. The van der Waals surface area contributed by atoms with Gasteiger partial charge >= 0.3 is 0 Å². The van der Waals surface area contributed by atoms with E-state index in [2.05, 4.69) is 6.07 Å². The Morgan fingerprint density at radius 3 is 2.52 bits per heavy atom. The highest BCUT2D eigenvalue weighted by Gasteiger charge is 2.40. The summed E-state index contributed by atoms with van der Waals surface area (Å²) in [5.41, 5.74) is 2.17. The van der Waals surface area contributed by atoms with E-state index >= 15 is 0 Å². The van der Waals surface area contributed by atoms with Crippen molar-refractivity contribution < 1.29 is 9.00 Å². The molecule has 0 saturated carbocycles. The van der Waals surface area contributed by atoms with Gasteiger partial charge in [0.05, 0.1) is 11.6 Å². The maximum atomic E-state index is 12.7. The molecule has 110 valence electrons. The van der Waals surface area contributed by atoms with Crippen molar-refractivity contribution >= 4 is 16.6 Å². The molecule has 2 bridgehead atoms. The second-order valence-electron chi connectivity index (χ2n) is 6.18. The molecule has 2 atom stereocenters. The Balaban J connectivity index is 1.81. The molecule has 0 aromatic heterocycles. The Hall–Kier alpha value is -1.47. The first-order chi connectivity index (χ1) is 10.1. The Kier molecular flexibility index (Phi) is 3.95. The van der Waals surface area contributed by atoms with Crippen LogP contribution in [-0.4, -0.2) is 20.5 Å². The Morgan fingerprint density at radius 1 is 1.29 bits per heavy atom. The zero-order chi connectivity index (χ0) is 15.0. The molecule has 1 aromatic carbocycles. The zero-order valence-corrected chi connectivity index (χ0v) is 13.0. The number of hydrogen-bond acceptors (Lipinski definition) is 3. The first-order valence-corrected chi connectivity index (χ1v) is 8.82. The van der Waals surface area contributed by atoms with Crippen LogP contribution in [0, 0.1) is 24.2 Å². The minimum atomic E-state index is -0.734. The van der Waals surface area contributed by atoms with Crippen molar-refractivity contribution in [1.82, 2.24) is 0 Å². The molecule has 0 aliphatic carbocycles. The van der Waals surface area contributed by atoms with E-state index < -0.39 is 10.8 Å². The second kappa shape index (κ2) is 5.73. The number of carbonyl (C=O) groups excluding carboxylic acids is 1. The average molecular weight is 301 g/mol. The summed E-state index contributed by atoms with van der Waals surface area (Å²) in [5, 5.41) is 9.39. The van der Waals surface area contributed by atoms with Gasteiger partial charge in [-0.3, -0.25) is 9.00 Å². The third-order valence-corrected chi connectivity index (χ3v) is 6.98. The summed E-state index contributed by atoms with van der Waals surface area (Å²) in [6.07, 6.45) is 4.68. The van der Waals surface area contributed by atoms with Crippen LogP contribution in [0.1, 0.15) is 53.6 Å². The van der Waals surface area contributed by atoms with Crippen molar-refractivity contribution in [2.45, 2.75) is 49.5 Å². The smallest absolute Gasteiger partial charge is 0.166 e. The summed E-state index contributed by atoms with van der Waals surface area (Å²) < 4.78 is 12.2. The molecule has 2 unspecified atom stereocenters. The molecule has 0 amide bonds. The Labute approximate surface area is 127 Å². The molecule has 1 aromatic rings. The number of nitrogens with zero attached hydrogens (tertiary/aromatic N) is 1. The van der Waals surface area contributed by atoms with E-state index in [4.69, 9.17) is 5.26 Å². The molecule has 0 radical (unpaired) electrons. The largest absolute Gasteiger partial charge is 0.294 e. The highest BCUT2D eigenvalue weighted by molar-refractivity contribution is 7.86. The number of rotatable bonds is 2. The quantitative estimate of drug-likeness (QED) is 0.789. The third kappa shape index (κ3) is 2.67. The molecule has 2 heterocycles. The number of fused-ring (bicyclic) bond motifs is 2. The predicted octanol–water partition coefficient (Wildman–Crippen LogP) is 3.13. The van der Waals surface area contributed by atoms with Crippen molar-refractivity contribution in [1.29, 1.82) is 5.26 Å². The van der Waals surface area contributed by atoms with E-state index in [0.717, 1.165) is 37.7 Å². The summed E-state index contributed by atoms with van der Waals surface area (Å²) in [6.45, 7) is 1.86. The molecule has 2 aliphatic rings. The van der Waals surface area contributed by atoms with Gasteiger partial charge in [0.1, 0.15) is 0 Å². The molecule has 3 nitrogen and oxygen atoms in total. The summed E-state index contributed by atoms with van der Waals surface area (Å²) in [4.78, 5) is 12.7. The van der Waals surface area contributed by atoms with E-state index in [0.29, 0.717) is 11.1 Å². The van der Waals surface area contributed by atoms with E-state index in [1.807, 2.05) is 13.0 Å². The van der Waals surface area contributed by atoms with Crippen LogP contribution in [-0.2, 0) is 10.8 Å². The monoisotopic (exact) mass is 301 g/mol. The number of carbonyl (C=O) groups is 1. The minimum absolute atomic E-state index is 0.00494. The fourth-order valence-electron chi connectivity index (χ4n) is 3.63. The Morgan fingerprint density at radius 2 is 1.95 bits per heavy atom. The minimum Gasteiger partial charge on any atom is -0.294 e. The average Bonchev–Trinajstić information content (AvgIpc) is 2.46. The number of nitriles is 1. The zero-order valence-electron chi connectivity index (χ0n) is 12.2. The summed E-state index contributed by atoms with van der Waals surface area (Å²) >= 11 is 0. The Bertz CT molecular complexity index is 631. The van der Waals surface area contributed by atoms with Crippen molar-refractivity contribution in [2.75, 3.05) is 0 Å². The van der Waals surface area contributed by atoms with Gasteiger partial charge in [-0.2, -0.15) is 5.26 Å². The van der Waals surface area contributed by atoms with Gasteiger partial charge in [0.25, 0.3) is 0 Å². The lowest BCUT2D eigenvalue weighted by Gasteiger charge is -2.37. The number of aryl methyl sites for hydroxylation is 1. The third-order valence-electron chi connectivity index (χ3n) is 4.81. The van der Waals surface area contributed by atoms with Gasteiger partial charge in [0.2, 0.25) is 0 Å². The van der Waals surface area contributed by atoms with Gasteiger partial charge in [0.15, 0.2) is 5.78 Å². The van der Waals surface area contributed by atoms with E-state index in [-0.39, 0.29) is 22.2 Å². The highest BCUT2D eigenvalue weighted by Crippen LogP contribution is 2.38. The standard InChI is InChI=1S/C17H19NO2S/c1-11-7-12(5-6-13(11)10-18)17(19)14-8-15-3-2-4-16(9-14)21(15)20/h5-7,14-16H,2-4,8-9H2,1H3. The molecule has 0 N–H and O–H groups in total. The van der Waals surface area contributed by atoms with Crippen LogP contribution in [0.25, 0.3) is 0 Å². The summed E-state index contributed by atoms with van der Waals surface area (Å²) in [7, 11) is -0.734. The van der Waals surface area contributed by atoms with E-state index in [1.54, 1.807) is 12.1 Å². The van der Waals surface area contributed by atoms with Gasteiger partial charge in [-0.1, -0.05) is 12.5 Å². The molecule has 4 heteroatoms. The number of Topliss-reactive ketones (excluding diaryl/α,β-unsaturated/α-hetero) is 1. The highest BCUT2D eigenvalue weighted by atomic mass is 32.2. The van der Waals surface area contributed by atoms with Crippen LogP contribution in [0.3, 0.4) is 0 Å². The first kappa shape index (κ1) is 14.5. The van der Waals surface area contributed by atoms with Crippen molar-refractivity contribution in [3.63, 3.8) is 0 Å². The lowest BCUT2D eigenvalue weighted by atomic mass is 9.84. The van der Waals surface area contributed by atoms with Crippen LogP contribution in [0.5, 0.6) is 0 Å². The summed E-state index contributed by atoms with van der Waals surface area (Å²) in [6, 6.07) is 7.43. The van der Waals surface area contributed by atoms with Gasteiger partial charge in [0, 0.05) is 32.8 Å².